The second kappa shape index (κ2) is 13.8. The van der Waals surface area contributed by atoms with Crippen LogP contribution in [-0.2, 0) is 0 Å². The number of benzene rings is 10. The third-order valence-corrected chi connectivity index (χ3v) is 13.8. The molecule has 13 rings (SSSR count). The van der Waals surface area contributed by atoms with Crippen molar-refractivity contribution < 1.29 is 0 Å². The van der Waals surface area contributed by atoms with Crippen LogP contribution in [0.5, 0.6) is 0 Å². The first kappa shape index (κ1) is 34.9. The lowest BCUT2D eigenvalue weighted by Gasteiger charge is -2.25. The van der Waals surface area contributed by atoms with Gasteiger partial charge in [0.05, 0.1) is 11.0 Å². The molecule has 1 N–H and O–H groups in total. The molecule has 1 unspecified atom stereocenters. The van der Waals surface area contributed by atoms with Gasteiger partial charge in [-0.3, -0.25) is 0 Å². The van der Waals surface area contributed by atoms with E-state index in [1.54, 1.807) is 0 Å². The Morgan fingerprint density at radius 3 is 2.03 bits per heavy atom. The fourth-order valence-corrected chi connectivity index (χ4v) is 10.9. The minimum atomic E-state index is -0.343. The smallest absolute Gasteiger partial charge is 0.160 e. The van der Waals surface area contributed by atoms with Crippen LogP contribution in [0.25, 0.3) is 91.1 Å². The Labute approximate surface area is 361 Å². The number of thiophene rings is 1. The van der Waals surface area contributed by atoms with Crippen LogP contribution in [0, 0.1) is 0 Å². The molecule has 0 spiro atoms. The summed E-state index contributed by atoms with van der Waals surface area (Å²) >= 11 is 1.85. The largest absolute Gasteiger partial charge is 0.344 e. The molecule has 0 bridgehead atoms. The van der Waals surface area contributed by atoms with E-state index in [9.17, 15) is 0 Å². The van der Waals surface area contributed by atoms with Crippen molar-refractivity contribution in [3.05, 3.63) is 223 Å². The van der Waals surface area contributed by atoms with E-state index in [1.165, 1.54) is 79.9 Å². The molecular weight excluding hydrogens is 773 g/mol. The van der Waals surface area contributed by atoms with E-state index in [0.717, 1.165) is 33.8 Å². The Balaban J connectivity index is 1.07. The molecule has 2 aromatic heterocycles. The number of aliphatic imine (C=N–C) groups is 2. The minimum Gasteiger partial charge on any atom is -0.344 e. The van der Waals surface area contributed by atoms with Crippen molar-refractivity contribution in [2.24, 2.45) is 9.98 Å². The van der Waals surface area contributed by atoms with Gasteiger partial charge in [0.25, 0.3) is 0 Å². The van der Waals surface area contributed by atoms with E-state index in [0.29, 0.717) is 5.84 Å². The maximum Gasteiger partial charge on any atom is 0.160 e. The second-order valence-electron chi connectivity index (χ2n) is 16.2. The summed E-state index contributed by atoms with van der Waals surface area (Å²) in [4.78, 5) is 10.9. The summed E-state index contributed by atoms with van der Waals surface area (Å²) in [5.74, 6) is 1.49. The maximum atomic E-state index is 5.45. The van der Waals surface area contributed by atoms with E-state index < -0.39 is 0 Å². The highest BCUT2D eigenvalue weighted by atomic mass is 32.1. The number of fused-ring (bicyclic) bond motifs is 10. The molecule has 0 saturated heterocycles. The molecule has 1 aliphatic rings. The third-order valence-electron chi connectivity index (χ3n) is 12.6. The molecule has 1 aliphatic heterocycles. The molecule has 0 radical (unpaired) electrons. The number of amidine groups is 2. The van der Waals surface area contributed by atoms with Crippen LogP contribution in [0.15, 0.2) is 216 Å². The third kappa shape index (κ3) is 5.52. The maximum absolute atomic E-state index is 5.45. The number of hydrogen-bond donors (Lipinski definition) is 1. The first-order valence-corrected chi connectivity index (χ1v) is 21.9. The van der Waals surface area contributed by atoms with Crippen molar-refractivity contribution in [3.63, 3.8) is 0 Å². The van der Waals surface area contributed by atoms with Crippen LogP contribution in [0.1, 0.15) is 22.9 Å². The summed E-state index contributed by atoms with van der Waals surface area (Å²) in [5.41, 5.74) is 8.76. The molecule has 12 aromatic rings. The second-order valence-corrected chi connectivity index (χ2v) is 17.2. The Morgan fingerprint density at radius 1 is 0.435 bits per heavy atom. The first-order valence-electron chi connectivity index (χ1n) is 21.1. The predicted molar refractivity (Wildman–Crippen MR) is 263 cm³/mol. The topological polar surface area (TPSA) is 41.7 Å². The van der Waals surface area contributed by atoms with Crippen LogP contribution in [0.3, 0.4) is 0 Å². The standard InChI is InChI=1S/C57H36N4S/c1-2-14-36(15-3-1)55-58-56(40-27-29-43-39(31-40)26-25-35-13-6-7-18-42(35)43)60-57(59-55)48-30-28-41(34-49(48)47-22-12-21-46-45-20-9-11-24-53(45)62-54(46)47)61-51-23-10-8-19-44(51)50-32-37-16-4-5-17-38(37)33-52(50)61/h1-34,55H,(H,58,59,60). The molecular formula is C57H36N4S. The average Bonchev–Trinajstić information content (AvgIpc) is 3.88. The van der Waals surface area contributed by atoms with Crippen LogP contribution in [0.2, 0.25) is 0 Å². The molecule has 1 atom stereocenters. The highest BCUT2D eigenvalue weighted by molar-refractivity contribution is 7.26. The number of nitrogens with zero attached hydrogens (tertiary/aromatic N) is 3. The van der Waals surface area contributed by atoms with E-state index >= 15 is 0 Å². The summed E-state index contributed by atoms with van der Waals surface area (Å²) in [6.45, 7) is 0. The van der Waals surface area contributed by atoms with Gasteiger partial charge in [0, 0.05) is 53.3 Å². The number of rotatable bonds is 5. The predicted octanol–water partition coefficient (Wildman–Crippen LogP) is 14.8. The zero-order chi connectivity index (χ0) is 40.7. The van der Waals surface area contributed by atoms with Gasteiger partial charge < -0.3 is 9.88 Å². The molecule has 290 valence electrons. The molecule has 0 fully saturated rings. The normalized spacial score (nSPS) is 14.3. The fourth-order valence-electron chi connectivity index (χ4n) is 9.66. The van der Waals surface area contributed by atoms with E-state index in [4.69, 9.17) is 9.98 Å². The van der Waals surface area contributed by atoms with Gasteiger partial charge in [-0.05, 0) is 92.0 Å². The van der Waals surface area contributed by atoms with Gasteiger partial charge in [-0.1, -0.05) is 158 Å². The Hall–Kier alpha value is -7.86. The van der Waals surface area contributed by atoms with E-state index in [-0.39, 0.29) is 6.17 Å². The lowest BCUT2D eigenvalue weighted by Crippen LogP contribution is -2.33. The van der Waals surface area contributed by atoms with Crippen LogP contribution in [0.4, 0.5) is 0 Å². The Bertz CT molecular complexity index is 3850. The molecule has 4 nitrogen and oxygen atoms in total. The highest BCUT2D eigenvalue weighted by Gasteiger charge is 2.25. The van der Waals surface area contributed by atoms with Gasteiger partial charge in [0.2, 0.25) is 0 Å². The van der Waals surface area contributed by atoms with E-state index in [1.807, 2.05) is 11.3 Å². The Morgan fingerprint density at radius 2 is 1.15 bits per heavy atom. The van der Waals surface area contributed by atoms with Crippen molar-refractivity contribution in [1.29, 1.82) is 0 Å². The first-order chi connectivity index (χ1) is 30.7. The molecule has 0 amide bonds. The molecule has 0 saturated carbocycles. The fraction of sp³-hybridized carbons (Fsp3) is 0.0175. The summed E-state index contributed by atoms with van der Waals surface area (Å²) in [7, 11) is 0. The Kier molecular flexibility index (Phi) is 7.81. The monoisotopic (exact) mass is 808 g/mol. The minimum absolute atomic E-state index is 0.343. The number of hydrogen-bond acceptors (Lipinski definition) is 4. The molecule has 10 aromatic carbocycles. The van der Waals surface area contributed by atoms with Crippen molar-refractivity contribution in [3.8, 4) is 16.8 Å². The highest BCUT2D eigenvalue weighted by Crippen LogP contribution is 2.43. The van der Waals surface area contributed by atoms with Crippen molar-refractivity contribution >= 4 is 97.3 Å². The van der Waals surface area contributed by atoms with Gasteiger partial charge in [0.1, 0.15) is 12.0 Å². The summed E-state index contributed by atoms with van der Waals surface area (Å²) in [5, 5.41) is 16.1. The number of nitrogens with one attached hydrogen (secondary N) is 1. The lowest BCUT2D eigenvalue weighted by molar-refractivity contribution is 0.674. The average molecular weight is 809 g/mol. The van der Waals surface area contributed by atoms with Crippen LogP contribution in [-0.4, -0.2) is 16.2 Å². The van der Waals surface area contributed by atoms with Gasteiger partial charge in [-0.15, -0.1) is 11.3 Å². The van der Waals surface area contributed by atoms with Gasteiger partial charge in [0.15, 0.2) is 5.84 Å². The number of para-hydroxylation sites is 1. The number of aromatic nitrogens is 1. The van der Waals surface area contributed by atoms with Crippen LogP contribution < -0.4 is 5.32 Å². The van der Waals surface area contributed by atoms with Crippen molar-refractivity contribution in [2.45, 2.75) is 6.17 Å². The zero-order valence-corrected chi connectivity index (χ0v) is 34.3. The molecule has 5 heteroatoms. The van der Waals surface area contributed by atoms with Crippen LogP contribution >= 0.6 is 11.3 Å². The summed E-state index contributed by atoms with van der Waals surface area (Å²) in [6, 6.07) is 74.6. The van der Waals surface area contributed by atoms with Crippen molar-refractivity contribution in [2.75, 3.05) is 0 Å². The van der Waals surface area contributed by atoms with Gasteiger partial charge in [-0.25, -0.2) is 9.98 Å². The summed E-state index contributed by atoms with van der Waals surface area (Å²) in [6.07, 6.45) is -0.343. The molecule has 62 heavy (non-hydrogen) atoms. The SMILES string of the molecule is c1ccc(C2N=C(c3ccc(-n4c5ccccc5c5cc6ccccc6cc54)cc3-c3cccc4c3sc3ccccc34)N=C(c3ccc4c(ccc5ccccc54)c3)N2)cc1. The summed E-state index contributed by atoms with van der Waals surface area (Å²) < 4.78 is 4.95. The quantitative estimate of drug-likeness (QED) is 0.173. The lowest BCUT2D eigenvalue weighted by atomic mass is 9.95. The molecule has 0 aliphatic carbocycles. The van der Waals surface area contributed by atoms with Gasteiger partial charge in [-0.2, -0.15) is 0 Å². The molecule has 3 heterocycles. The van der Waals surface area contributed by atoms with Gasteiger partial charge >= 0.3 is 0 Å². The zero-order valence-electron chi connectivity index (χ0n) is 33.5. The van der Waals surface area contributed by atoms with E-state index in [2.05, 4.69) is 216 Å². The van der Waals surface area contributed by atoms with Crippen molar-refractivity contribution in [1.82, 2.24) is 9.88 Å².